The zero-order chi connectivity index (χ0) is 45.2. The molecule has 0 spiro atoms. The molecule has 0 saturated heterocycles. The summed E-state index contributed by atoms with van der Waals surface area (Å²) in [5.74, 6) is 2.39. The number of phenolic OH excluding ortho intramolecular Hbond substituents is 1. The van der Waals surface area contributed by atoms with Crippen LogP contribution in [0.25, 0.3) is 22.6 Å². The number of carbonyl (C=O) groups is 1. The van der Waals surface area contributed by atoms with Gasteiger partial charge in [0.05, 0.1) is 24.5 Å². The lowest BCUT2D eigenvalue weighted by Gasteiger charge is -2.08. The second kappa shape index (κ2) is 28.3. The number of ether oxygens (including phenoxy) is 3. The molecule has 1 aromatic heterocycles. The van der Waals surface area contributed by atoms with E-state index in [0.717, 1.165) is 41.8 Å². The van der Waals surface area contributed by atoms with E-state index < -0.39 is 5.97 Å². The minimum atomic E-state index is -0.515. The summed E-state index contributed by atoms with van der Waals surface area (Å²) in [6.07, 6.45) is 39.0. The Balaban J connectivity index is 0.841. The van der Waals surface area contributed by atoms with Crippen molar-refractivity contribution in [2.24, 2.45) is 10.9 Å². The number of aromatic hydroxyl groups is 1. The SMILES string of the molecule is CCCCCCCCCCCCCCOc1ccc2nc(-c3ccc(N=Cc4ccc(OC(=O)c5ccc(OCCCCCCCCCCCC6C=CC=C6)cc5)cc4O)cc3)oc2c1. The number of allylic oxidation sites excluding steroid dienone is 4. The lowest BCUT2D eigenvalue weighted by atomic mass is 10.0. The first-order valence-electron chi connectivity index (χ1n) is 24.8. The maximum absolute atomic E-state index is 12.9. The predicted molar refractivity (Wildman–Crippen MR) is 266 cm³/mol. The monoisotopic (exact) mass is 881 g/mol. The van der Waals surface area contributed by atoms with E-state index in [2.05, 4.69) is 41.2 Å². The maximum Gasteiger partial charge on any atom is 0.343 e. The van der Waals surface area contributed by atoms with Crippen molar-refractivity contribution in [2.75, 3.05) is 13.2 Å². The standard InChI is InChI=1S/C57H72N2O6/c1-2-3-4-5-6-7-8-9-12-16-19-24-41-63-51-38-39-53-55(43-51)65-56(59-53)46-28-33-49(34-29-46)58-44-48-32-37-52(42-54(48)60)64-57(61)47-30-35-50(36-31-47)62-40-23-18-15-13-10-11-14-17-20-25-45-26-21-22-27-45/h21-22,26-39,42-45,60H,2-20,23-25,40-41H2,1H3. The number of aromatic nitrogens is 1. The summed E-state index contributed by atoms with van der Waals surface area (Å²) in [4.78, 5) is 22.1. The molecule has 0 bridgehead atoms. The molecule has 8 nitrogen and oxygen atoms in total. The van der Waals surface area contributed by atoms with Gasteiger partial charge in [-0.25, -0.2) is 9.78 Å². The van der Waals surface area contributed by atoms with Crippen molar-refractivity contribution in [1.82, 2.24) is 4.98 Å². The third-order valence-electron chi connectivity index (χ3n) is 12.2. The first-order valence-corrected chi connectivity index (χ1v) is 24.8. The number of nitrogens with zero attached hydrogens (tertiary/aromatic N) is 2. The first-order chi connectivity index (χ1) is 32.0. The molecule has 346 valence electrons. The second-order valence-electron chi connectivity index (χ2n) is 17.6. The summed E-state index contributed by atoms with van der Waals surface area (Å²) >= 11 is 0. The number of phenols is 1. The number of hydrogen-bond donors (Lipinski definition) is 1. The minimum absolute atomic E-state index is 0.0517. The minimum Gasteiger partial charge on any atom is -0.507 e. The number of aliphatic imine (C=N–C) groups is 1. The molecule has 6 rings (SSSR count). The number of esters is 1. The van der Waals surface area contributed by atoms with Gasteiger partial charge in [-0.05, 0) is 98.0 Å². The van der Waals surface area contributed by atoms with Crippen molar-refractivity contribution < 1.29 is 28.5 Å². The highest BCUT2D eigenvalue weighted by Crippen LogP contribution is 2.30. The Kier molecular flexibility index (Phi) is 21.3. The largest absolute Gasteiger partial charge is 0.507 e. The van der Waals surface area contributed by atoms with Gasteiger partial charge in [-0.2, -0.15) is 0 Å². The molecule has 0 radical (unpaired) electrons. The van der Waals surface area contributed by atoms with Gasteiger partial charge in [0.1, 0.15) is 28.5 Å². The summed E-state index contributed by atoms with van der Waals surface area (Å²) in [5, 5.41) is 10.7. The van der Waals surface area contributed by atoms with E-state index >= 15 is 0 Å². The van der Waals surface area contributed by atoms with E-state index in [9.17, 15) is 9.90 Å². The molecule has 0 saturated carbocycles. The van der Waals surface area contributed by atoms with Gasteiger partial charge in [0, 0.05) is 29.5 Å². The highest BCUT2D eigenvalue weighted by Gasteiger charge is 2.12. The third kappa shape index (κ3) is 17.7. The van der Waals surface area contributed by atoms with E-state index in [0.29, 0.717) is 47.4 Å². The molecule has 1 aliphatic rings. The molecule has 8 heteroatoms. The zero-order valence-electron chi connectivity index (χ0n) is 38.9. The van der Waals surface area contributed by atoms with E-state index in [1.165, 1.54) is 128 Å². The molecule has 0 unspecified atom stereocenters. The zero-order valence-corrected chi connectivity index (χ0v) is 38.9. The van der Waals surface area contributed by atoms with Crippen molar-refractivity contribution in [2.45, 2.75) is 148 Å². The number of rotatable bonds is 32. The van der Waals surface area contributed by atoms with E-state index in [1.54, 1.807) is 42.6 Å². The van der Waals surface area contributed by atoms with Crippen molar-refractivity contribution in [1.29, 1.82) is 0 Å². The average molecular weight is 881 g/mol. The Morgan fingerprint density at radius 1 is 0.631 bits per heavy atom. The van der Waals surface area contributed by atoms with Gasteiger partial charge >= 0.3 is 5.97 Å². The van der Waals surface area contributed by atoms with Crippen LogP contribution in [0.2, 0.25) is 0 Å². The number of unbranched alkanes of at least 4 members (excludes halogenated alkanes) is 19. The number of benzene rings is 4. The van der Waals surface area contributed by atoms with Crippen LogP contribution in [0.3, 0.4) is 0 Å². The van der Waals surface area contributed by atoms with Crippen LogP contribution in [-0.2, 0) is 0 Å². The molecule has 0 amide bonds. The van der Waals surface area contributed by atoms with Crippen molar-refractivity contribution >= 4 is 29.0 Å². The predicted octanol–water partition coefficient (Wildman–Crippen LogP) is 16.3. The number of hydrogen-bond acceptors (Lipinski definition) is 8. The molecule has 5 aromatic rings. The third-order valence-corrected chi connectivity index (χ3v) is 12.2. The summed E-state index contributed by atoms with van der Waals surface area (Å²) < 4.78 is 23.6. The van der Waals surface area contributed by atoms with E-state index in [-0.39, 0.29) is 11.5 Å². The lowest BCUT2D eigenvalue weighted by molar-refractivity contribution is 0.0734. The molecule has 0 atom stereocenters. The number of carbonyl (C=O) groups excluding carboxylic acids is 1. The lowest BCUT2D eigenvalue weighted by Crippen LogP contribution is -2.08. The van der Waals surface area contributed by atoms with Crippen LogP contribution < -0.4 is 14.2 Å². The van der Waals surface area contributed by atoms with Crippen LogP contribution >= 0.6 is 0 Å². The number of oxazole rings is 1. The van der Waals surface area contributed by atoms with Crippen molar-refractivity contribution in [3.63, 3.8) is 0 Å². The van der Waals surface area contributed by atoms with Gasteiger partial charge < -0.3 is 23.7 Å². The molecular weight excluding hydrogens is 809 g/mol. The fourth-order valence-corrected chi connectivity index (χ4v) is 8.21. The highest BCUT2D eigenvalue weighted by molar-refractivity contribution is 5.91. The molecule has 1 heterocycles. The average Bonchev–Trinajstić information content (AvgIpc) is 4.01. The van der Waals surface area contributed by atoms with Gasteiger partial charge in [-0.15, -0.1) is 0 Å². The van der Waals surface area contributed by atoms with Crippen LogP contribution in [0.15, 0.2) is 119 Å². The van der Waals surface area contributed by atoms with E-state index in [4.69, 9.17) is 18.6 Å². The molecule has 1 aliphatic carbocycles. The maximum atomic E-state index is 12.9. The van der Waals surface area contributed by atoms with Crippen LogP contribution in [0.5, 0.6) is 23.0 Å². The van der Waals surface area contributed by atoms with Crippen molar-refractivity contribution in [3.05, 3.63) is 120 Å². The topological polar surface area (TPSA) is 103 Å². The Morgan fingerprint density at radius 2 is 1.18 bits per heavy atom. The summed E-state index contributed by atoms with van der Waals surface area (Å²) in [6, 6.07) is 25.0. The van der Waals surface area contributed by atoms with Crippen LogP contribution in [-0.4, -0.2) is 35.5 Å². The Morgan fingerprint density at radius 3 is 1.80 bits per heavy atom. The normalized spacial score (nSPS) is 12.5. The van der Waals surface area contributed by atoms with Crippen LogP contribution in [0.1, 0.15) is 164 Å². The van der Waals surface area contributed by atoms with Crippen LogP contribution in [0.4, 0.5) is 5.69 Å². The molecular formula is C57H72N2O6. The van der Waals surface area contributed by atoms with Gasteiger partial charge in [-0.3, -0.25) is 4.99 Å². The summed E-state index contributed by atoms with van der Waals surface area (Å²) in [7, 11) is 0. The molecule has 4 aromatic carbocycles. The fraction of sp³-hybridized carbons (Fsp3) is 0.456. The van der Waals surface area contributed by atoms with Crippen LogP contribution in [0, 0.1) is 5.92 Å². The molecule has 1 N–H and O–H groups in total. The van der Waals surface area contributed by atoms with E-state index in [1.807, 2.05) is 42.5 Å². The van der Waals surface area contributed by atoms with Crippen molar-refractivity contribution in [3.8, 4) is 34.5 Å². The van der Waals surface area contributed by atoms with Gasteiger partial charge in [0.2, 0.25) is 5.89 Å². The highest BCUT2D eigenvalue weighted by atomic mass is 16.5. The second-order valence-corrected chi connectivity index (χ2v) is 17.6. The summed E-state index contributed by atoms with van der Waals surface area (Å²) in [5.41, 5.74) is 3.87. The molecule has 0 fully saturated rings. The van der Waals surface area contributed by atoms with Gasteiger partial charge in [-0.1, -0.05) is 153 Å². The quantitative estimate of drug-likeness (QED) is 0.0199. The fourth-order valence-electron chi connectivity index (χ4n) is 8.21. The summed E-state index contributed by atoms with van der Waals surface area (Å²) in [6.45, 7) is 3.63. The Labute approximate surface area is 388 Å². The molecule has 0 aliphatic heterocycles. The van der Waals surface area contributed by atoms with Gasteiger partial charge in [0.25, 0.3) is 0 Å². The Hall–Kier alpha value is -5.63. The smallest absolute Gasteiger partial charge is 0.343 e. The first kappa shape index (κ1) is 48.8. The Bertz CT molecular complexity index is 2210. The van der Waals surface area contributed by atoms with Gasteiger partial charge in [0.15, 0.2) is 5.58 Å². The molecule has 65 heavy (non-hydrogen) atoms. The number of fused-ring (bicyclic) bond motifs is 1.